The van der Waals surface area contributed by atoms with Gasteiger partial charge in [0, 0.05) is 17.4 Å². The summed E-state index contributed by atoms with van der Waals surface area (Å²) < 4.78 is 0. The van der Waals surface area contributed by atoms with Gasteiger partial charge in [-0.2, -0.15) is 0 Å². The summed E-state index contributed by atoms with van der Waals surface area (Å²) in [5.74, 6) is -0.311. The van der Waals surface area contributed by atoms with Crippen LogP contribution in [0.1, 0.15) is 17.3 Å². The first kappa shape index (κ1) is 11.3. The van der Waals surface area contributed by atoms with Crippen molar-refractivity contribution in [2.75, 3.05) is 18.1 Å². The highest BCUT2D eigenvalue weighted by atomic mass is 16.3. The molecule has 0 aliphatic carbocycles. The maximum Gasteiger partial charge on any atom is 0.253 e. The highest BCUT2D eigenvalue weighted by molar-refractivity contribution is 5.99. The predicted molar refractivity (Wildman–Crippen MR) is 59.3 cm³/mol. The first-order valence-corrected chi connectivity index (χ1v) is 4.61. The van der Waals surface area contributed by atoms with Crippen molar-refractivity contribution in [3.8, 4) is 0 Å². The number of aliphatic hydroxyl groups is 1. The number of carbonyl (C=O) groups is 1. The smallest absolute Gasteiger partial charge is 0.253 e. The van der Waals surface area contributed by atoms with Crippen molar-refractivity contribution in [1.82, 2.24) is 5.32 Å². The summed E-state index contributed by atoms with van der Waals surface area (Å²) in [6, 6.07) is 4.40. The fourth-order valence-electron chi connectivity index (χ4n) is 1.14. The zero-order valence-corrected chi connectivity index (χ0v) is 8.53. The van der Waals surface area contributed by atoms with Crippen LogP contribution in [0.2, 0.25) is 0 Å². The topological polar surface area (TPSA) is 101 Å². The highest BCUT2D eigenvalue weighted by Crippen LogP contribution is 2.15. The second kappa shape index (κ2) is 4.65. The fourth-order valence-corrected chi connectivity index (χ4v) is 1.14. The van der Waals surface area contributed by atoms with E-state index in [9.17, 15) is 4.79 Å². The lowest BCUT2D eigenvalue weighted by Crippen LogP contribution is -2.35. The highest BCUT2D eigenvalue weighted by Gasteiger charge is 2.11. The average molecular weight is 209 g/mol. The number of anilines is 2. The minimum Gasteiger partial charge on any atom is -0.399 e. The number of hydrogen-bond acceptors (Lipinski definition) is 4. The van der Waals surface area contributed by atoms with Crippen LogP contribution in [0.15, 0.2) is 18.2 Å². The molecule has 5 heteroatoms. The molecular weight excluding hydrogens is 194 g/mol. The summed E-state index contributed by atoms with van der Waals surface area (Å²) in [5, 5.41) is 11.4. The van der Waals surface area contributed by atoms with Gasteiger partial charge in [-0.1, -0.05) is 0 Å². The standard InChI is InChI=1S/C10H15N3O2/c1-6(5-14)13-10(15)8-3-2-7(11)4-9(8)12/h2-4,6,14H,5,11-12H2,1H3,(H,13,15)/t6-/m1/s1. The quantitative estimate of drug-likeness (QED) is 0.525. The Morgan fingerprint density at radius 1 is 1.53 bits per heavy atom. The van der Waals surface area contributed by atoms with Crippen molar-refractivity contribution in [1.29, 1.82) is 0 Å². The summed E-state index contributed by atoms with van der Waals surface area (Å²) in [7, 11) is 0. The Labute approximate surface area is 88.1 Å². The van der Waals surface area contributed by atoms with Gasteiger partial charge in [-0.05, 0) is 25.1 Å². The van der Waals surface area contributed by atoms with Crippen molar-refractivity contribution in [2.45, 2.75) is 13.0 Å². The summed E-state index contributed by atoms with van der Waals surface area (Å²) in [5.41, 5.74) is 12.3. The molecule has 1 amide bonds. The monoisotopic (exact) mass is 209 g/mol. The molecule has 0 radical (unpaired) electrons. The zero-order chi connectivity index (χ0) is 11.4. The van der Waals surface area contributed by atoms with E-state index in [4.69, 9.17) is 16.6 Å². The van der Waals surface area contributed by atoms with Crippen molar-refractivity contribution in [2.24, 2.45) is 0 Å². The molecule has 6 N–H and O–H groups in total. The van der Waals surface area contributed by atoms with Gasteiger partial charge in [-0.15, -0.1) is 0 Å². The molecule has 0 aromatic heterocycles. The van der Waals surface area contributed by atoms with Crippen LogP contribution in [0.3, 0.4) is 0 Å². The second-order valence-corrected chi connectivity index (χ2v) is 3.40. The van der Waals surface area contributed by atoms with Gasteiger partial charge in [0.15, 0.2) is 0 Å². The maximum atomic E-state index is 11.6. The Hall–Kier alpha value is -1.75. The van der Waals surface area contributed by atoms with Crippen LogP contribution in [0.4, 0.5) is 11.4 Å². The molecule has 0 unspecified atom stereocenters. The van der Waals surface area contributed by atoms with Crippen LogP contribution in [0.25, 0.3) is 0 Å². The molecule has 0 saturated heterocycles. The Morgan fingerprint density at radius 2 is 2.20 bits per heavy atom. The van der Waals surface area contributed by atoms with Crippen molar-refractivity contribution in [3.05, 3.63) is 23.8 Å². The van der Waals surface area contributed by atoms with Gasteiger partial charge in [0.25, 0.3) is 5.91 Å². The van der Waals surface area contributed by atoms with Gasteiger partial charge in [0.2, 0.25) is 0 Å². The third-order valence-electron chi connectivity index (χ3n) is 1.97. The van der Waals surface area contributed by atoms with E-state index in [0.717, 1.165) is 0 Å². The van der Waals surface area contributed by atoms with E-state index in [1.165, 1.54) is 6.07 Å². The number of aliphatic hydroxyl groups excluding tert-OH is 1. The minimum absolute atomic E-state index is 0.110. The van der Waals surface area contributed by atoms with E-state index < -0.39 is 0 Å². The van der Waals surface area contributed by atoms with Crippen molar-refractivity contribution >= 4 is 17.3 Å². The molecule has 0 bridgehead atoms. The third kappa shape index (κ3) is 2.85. The number of nitrogen functional groups attached to an aromatic ring is 2. The molecule has 82 valence electrons. The minimum atomic E-state index is -0.311. The molecule has 0 heterocycles. The lowest BCUT2D eigenvalue weighted by atomic mass is 10.1. The molecule has 0 aliphatic rings. The molecule has 1 atom stereocenters. The SMILES string of the molecule is C[C@H](CO)NC(=O)c1ccc(N)cc1N. The molecule has 1 aromatic carbocycles. The number of benzene rings is 1. The number of nitrogens with two attached hydrogens (primary N) is 2. The van der Waals surface area contributed by atoms with Gasteiger partial charge < -0.3 is 21.9 Å². The van der Waals surface area contributed by atoms with E-state index in [1.54, 1.807) is 19.1 Å². The first-order chi connectivity index (χ1) is 7.04. The number of hydrogen-bond donors (Lipinski definition) is 4. The Balaban J connectivity index is 2.82. The van der Waals surface area contributed by atoms with E-state index in [-0.39, 0.29) is 18.6 Å². The van der Waals surface area contributed by atoms with E-state index in [2.05, 4.69) is 5.32 Å². The molecule has 15 heavy (non-hydrogen) atoms. The number of carbonyl (C=O) groups excluding carboxylic acids is 1. The summed E-state index contributed by atoms with van der Waals surface area (Å²) >= 11 is 0. The lowest BCUT2D eigenvalue weighted by Gasteiger charge is -2.12. The number of amides is 1. The van der Waals surface area contributed by atoms with Crippen LogP contribution in [0.5, 0.6) is 0 Å². The lowest BCUT2D eigenvalue weighted by molar-refractivity contribution is 0.0923. The zero-order valence-electron chi connectivity index (χ0n) is 8.53. The molecule has 1 rings (SSSR count). The largest absolute Gasteiger partial charge is 0.399 e. The summed E-state index contributed by atoms with van der Waals surface area (Å²) in [4.78, 5) is 11.6. The molecule has 0 aliphatic heterocycles. The van der Waals surface area contributed by atoms with Crippen LogP contribution < -0.4 is 16.8 Å². The number of nitrogens with one attached hydrogen (secondary N) is 1. The van der Waals surface area contributed by atoms with Gasteiger partial charge in [0.05, 0.1) is 12.2 Å². The van der Waals surface area contributed by atoms with E-state index in [1.807, 2.05) is 0 Å². The van der Waals surface area contributed by atoms with E-state index in [0.29, 0.717) is 16.9 Å². The number of rotatable bonds is 3. The van der Waals surface area contributed by atoms with Gasteiger partial charge >= 0.3 is 0 Å². The van der Waals surface area contributed by atoms with Crippen LogP contribution in [-0.2, 0) is 0 Å². The molecule has 0 saturated carbocycles. The Morgan fingerprint density at radius 3 is 2.73 bits per heavy atom. The maximum absolute atomic E-state index is 11.6. The molecule has 0 spiro atoms. The summed E-state index contributed by atoms with van der Waals surface area (Å²) in [6.07, 6.45) is 0. The molecule has 5 nitrogen and oxygen atoms in total. The normalized spacial score (nSPS) is 12.1. The fraction of sp³-hybridized carbons (Fsp3) is 0.300. The molecule has 1 aromatic rings. The Kier molecular flexibility index (Phi) is 3.51. The van der Waals surface area contributed by atoms with E-state index >= 15 is 0 Å². The third-order valence-corrected chi connectivity index (χ3v) is 1.97. The average Bonchev–Trinajstić information content (AvgIpc) is 2.17. The summed E-state index contributed by atoms with van der Waals surface area (Å²) in [6.45, 7) is 1.59. The Bertz CT molecular complexity index is 366. The van der Waals surface area contributed by atoms with Crippen LogP contribution >= 0.6 is 0 Å². The van der Waals surface area contributed by atoms with Gasteiger partial charge in [0.1, 0.15) is 0 Å². The van der Waals surface area contributed by atoms with Crippen molar-refractivity contribution in [3.63, 3.8) is 0 Å². The van der Waals surface area contributed by atoms with Crippen molar-refractivity contribution < 1.29 is 9.90 Å². The van der Waals surface area contributed by atoms with Crippen LogP contribution in [0, 0.1) is 0 Å². The molecule has 0 fully saturated rings. The molecular formula is C10H15N3O2. The van der Waals surface area contributed by atoms with Crippen LogP contribution in [-0.4, -0.2) is 23.7 Å². The van der Waals surface area contributed by atoms with Gasteiger partial charge in [-0.3, -0.25) is 4.79 Å². The predicted octanol–water partition coefficient (Wildman–Crippen LogP) is -0.0384. The van der Waals surface area contributed by atoms with Gasteiger partial charge in [-0.25, -0.2) is 0 Å². The first-order valence-electron chi connectivity index (χ1n) is 4.61. The second-order valence-electron chi connectivity index (χ2n) is 3.40.